The molecule has 1 amide bonds. The molecule has 1 rings (SSSR count). The predicted molar refractivity (Wildman–Crippen MR) is 66.2 cm³/mol. The van der Waals surface area contributed by atoms with Crippen molar-refractivity contribution >= 4 is 5.91 Å². The van der Waals surface area contributed by atoms with Crippen LogP contribution in [-0.2, 0) is 4.79 Å². The summed E-state index contributed by atoms with van der Waals surface area (Å²) in [4.78, 5) is 13.6. The van der Waals surface area contributed by atoms with E-state index in [2.05, 4.69) is 10.2 Å². The Bertz CT molecular complexity index is 202. The maximum atomic E-state index is 11.1. The van der Waals surface area contributed by atoms with E-state index in [1.807, 2.05) is 0 Å². The minimum atomic E-state index is 0.138. The zero-order valence-electron chi connectivity index (χ0n) is 10.4. The molecule has 0 radical (unpaired) electrons. The highest BCUT2D eigenvalue weighted by atomic mass is 16.1. The SMILES string of the molecule is CNC(=O)CCCN(CCN)C1CCCC1. The number of carbonyl (C=O) groups is 1. The molecule has 0 bridgehead atoms. The summed E-state index contributed by atoms with van der Waals surface area (Å²) in [6, 6.07) is 0.716. The zero-order chi connectivity index (χ0) is 11.8. The molecule has 3 N–H and O–H groups in total. The van der Waals surface area contributed by atoms with Crippen molar-refractivity contribution in [1.29, 1.82) is 0 Å². The average molecular weight is 227 g/mol. The maximum absolute atomic E-state index is 11.1. The van der Waals surface area contributed by atoms with Gasteiger partial charge in [-0.3, -0.25) is 9.69 Å². The van der Waals surface area contributed by atoms with E-state index < -0.39 is 0 Å². The minimum Gasteiger partial charge on any atom is -0.359 e. The summed E-state index contributed by atoms with van der Waals surface area (Å²) in [7, 11) is 1.69. The summed E-state index contributed by atoms with van der Waals surface area (Å²) in [6.45, 7) is 2.70. The second-order valence-electron chi connectivity index (χ2n) is 4.54. The molecule has 0 aromatic heterocycles. The molecule has 0 spiro atoms. The molecule has 0 atom stereocenters. The molecule has 0 heterocycles. The molecule has 0 aromatic carbocycles. The fraction of sp³-hybridized carbons (Fsp3) is 0.917. The third kappa shape index (κ3) is 4.49. The van der Waals surface area contributed by atoms with Gasteiger partial charge in [-0.25, -0.2) is 0 Å². The Morgan fingerprint density at radius 2 is 2.06 bits per heavy atom. The summed E-state index contributed by atoms with van der Waals surface area (Å²) in [5.74, 6) is 0.138. The number of nitrogens with one attached hydrogen (secondary N) is 1. The van der Waals surface area contributed by atoms with Crippen LogP contribution in [0.5, 0.6) is 0 Å². The van der Waals surface area contributed by atoms with Crippen molar-refractivity contribution in [2.75, 3.05) is 26.7 Å². The quantitative estimate of drug-likeness (QED) is 0.673. The number of amides is 1. The number of nitrogens with two attached hydrogens (primary N) is 1. The Morgan fingerprint density at radius 1 is 1.38 bits per heavy atom. The van der Waals surface area contributed by atoms with E-state index in [0.717, 1.165) is 26.1 Å². The summed E-state index contributed by atoms with van der Waals surface area (Å²) in [6.07, 6.45) is 6.88. The molecular weight excluding hydrogens is 202 g/mol. The zero-order valence-corrected chi connectivity index (χ0v) is 10.4. The number of carbonyl (C=O) groups excluding carboxylic acids is 1. The molecule has 0 unspecified atom stereocenters. The standard InChI is InChI=1S/C12H25N3O/c1-14-12(16)7-4-9-15(10-8-13)11-5-2-3-6-11/h11H,2-10,13H2,1H3,(H,14,16). The monoisotopic (exact) mass is 227 g/mol. The Balaban J connectivity index is 2.24. The van der Waals surface area contributed by atoms with Gasteiger partial charge in [-0.1, -0.05) is 12.8 Å². The second kappa shape index (κ2) is 7.63. The molecule has 1 fully saturated rings. The van der Waals surface area contributed by atoms with Gasteiger partial charge in [-0.15, -0.1) is 0 Å². The number of hydrogen-bond donors (Lipinski definition) is 2. The van der Waals surface area contributed by atoms with E-state index in [9.17, 15) is 4.79 Å². The average Bonchev–Trinajstić information content (AvgIpc) is 2.81. The van der Waals surface area contributed by atoms with Crippen molar-refractivity contribution in [2.45, 2.75) is 44.6 Å². The van der Waals surface area contributed by atoms with Crippen LogP contribution in [0.4, 0.5) is 0 Å². The minimum absolute atomic E-state index is 0.138. The Morgan fingerprint density at radius 3 is 2.62 bits per heavy atom. The lowest BCUT2D eigenvalue weighted by molar-refractivity contribution is -0.120. The molecule has 4 heteroatoms. The van der Waals surface area contributed by atoms with Crippen molar-refractivity contribution in [3.63, 3.8) is 0 Å². The highest BCUT2D eigenvalue weighted by molar-refractivity contribution is 5.75. The van der Waals surface area contributed by atoms with Gasteiger partial charge in [0.05, 0.1) is 0 Å². The van der Waals surface area contributed by atoms with Gasteiger partial charge in [0.2, 0.25) is 5.91 Å². The van der Waals surface area contributed by atoms with Crippen molar-refractivity contribution in [3.05, 3.63) is 0 Å². The first-order valence-electron chi connectivity index (χ1n) is 6.42. The van der Waals surface area contributed by atoms with Crippen molar-refractivity contribution < 1.29 is 4.79 Å². The van der Waals surface area contributed by atoms with E-state index in [4.69, 9.17) is 5.73 Å². The van der Waals surface area contributed by atoms with Gasteiger partial charge in [-0.05, 0) is 25.8 Å². The lowest BCUT2D eigenvalue weighted by Crippen LogP contribution is -2.38. The fourth-order valence-corrected chi connectivity index (χ4v) is 2.48. The van der Waals surface area contributed by atoms with Crippen LogP contribution < -0.4 is 11.1 Å². The van der Waals surface area contributed by atoms with Gasteiger partial charge in [-0.2, -0.15) is 0 Å². The smallest absolute Gasteiger partial charge is 0.219 e. The first-order chi connectivity index (χ1) is 7.77. The van der Waals surface area contributed by atoms with Crippen LogP contribution in [0.25, 0.3) is 0 Å². The van der Waals surface area contributed by atoms with Gasteiger partial charge in [0.25, 0.3) is 0 Å². The third-order valence-electron chi connectivity index (χ3n) is 3.39. The predicted octanol–water partition coefficient (Wildman–Crippen LogP) is 0.716. The van der Waals surface area contributed by atoms with E-state index in [1.54, 1.807) is 7.05 Å². The van der Waals surface area contributed by atoms with Crippen LogP contribution in [0.15, 0.2) is 0 Å². The molecule has 1 saturated carbocycles. The van der Waals surface area contributed by atoms with Crippen molar-refractivity contribution in [2.24, 2.45) is 5.73 Å². The van der Waals surface area contributed by atoms with Crippen LogP contribution >= 0.6 is 0 Å². The number of rotatable bonds is 7. The topological polar surface area (TPSA) is 58.4 Å². The highest BCUT2D eigenvalue weighted by Gasteiger charge is 2.21. The van der Waals surface area contributed by atoms with Gasteiger partial charge >= 0.3 is 0 Å². The number of hydrogen-bond acceptors (Lipinski definition) is 3. The van der Waals surface area contributed by atoms with Gasteiger partial charge < -0.3 is 11.1 Å². The molecular formula is C12H25N3O. The van der Waals surface area contributed by atoms with Crippen molar-refractivity contribution in [3.8, 4) is 0 Å². The largest absolute Gasteiger partial charge is 0.359 e. The second-order valence-corrected chi connectivity index (χ2v) is 4.54. The first-order valence-corrected chi connectivity index (χ1v) is 6.42. The van der Waals surface area contributed by atoms with Crippen LogP contribution in [0.2, 0.25) is 0 Å². The Labute approximate surface area is 98.6 Å². The van der Waals surface area contributed by atoms with Gasteiger partial charge in [0, 0.05) is 32.6 Å². The van der Waals surface area contributed by atoms with E-state index in [0.29, 0.717) is 12.5 Å². The molecule has 0 saturated heterocycles. The number of nitrogens with zero attached hydrogens (tertiary/aromatic N) is 1. The van der Waals surface area contributed by atoms with Crippen LogP contribution in [0.3, 0.4) is 0 Å². The van der Waals surface area contributed by atoms with E-state index >= 15 is 0 Å². The first kappa shape index (κ1) is 13.5. The van der Waals surface area contributed by atoms with Gasteiger partial charge in [0.15, 0.2) is 0 Å². The molecule has 1 aliphatic rings. The van der Waals surface area contributed by atoms with E-state index in [-0.39, 0.29) is 5.91 Å². The summed E-state index contributed by atoms with van der Waals surface area (Å²) in [5.41, 5.74) is 5.63. The fourth-order valence-electron chi connectivity index (χ4n) is 2.48. The Hall–Kier alpha value is -0.610. The molecule has 4 nitrogen and oxygen atoms in total. The maximum Gasteiger partial charge on any atom is 0.219 e. The normalized spacial score (nSPS) is 16.9. The molecule has 1 aliphatic carbocycles. The molecule has 0 aliphatic heterocycles. The molecule has 94 valence electrons. The van der Waals surface area contributed by atoms with Gasteiger partial charge in [0.1, 0.15) is 0 Å². The van der Waals surface area contributed by atoms with Crippen LogP contribution in [0, 0.1) is 0 Å². The third-order valence-corrected chi connectivity index (χ3v) is 3.39. The molecule has 0 aromatic rings. The van der Waals surface area contributed by atoms with E-state index in [1.165, 1.54) is 25.7 Å². The van der Waals surface area contributed by atoms with Crippen LogP contribution in [0.1, 0.15) is 38.5 Å². The molecule has 16 heavy (non-hydrogen) atoms. The lowest BCUT2D eigenvalue weighted by atomic mass is 10.2. The van der Waals surface area contributed by atoms with Crippen molar-refractivity contribution in [1.82, 2.24) is 10.2 Å². The highest BCUT2D eigenvalue weighted by Crippen LogP contribution is 2.23. The summed E-state index contributed by atoms with van der Waals surface area (Å²) >= 11 is 0. The Kier molecular flexibility index (Phi) is 6.42. The van der Waals surface area contributed by atoms with Crippen LogP contribution in [-0.4, -0.2) is 43.5 Å². The summed E-state index contributed by atoms with van der Waals surface area (Å²) in [5, 5.41) is 2.66. The lowest BCUT2D eigenvalue weighted by Gasteiger charge is -2.28. The summed E-state index contributed by atoms with van der Waals surface area (Å²) < 4.78 is 0.